The normalized spacial score (nSPS) is 17.0. The van der Waals surface area contributed by atoms with E-state index in [1.54, 1.807) is 12.1 Å². The number of nitriles is 1. The molecular weight excluding hydrogens is 205 g/mol. The van der Waals surface area contributed by atoms with E-state index in [0.717, 1.165) is 38.3 Å². The van der Waals surface area contributed by atoms with E-state index in [2.05, 4.69) is 10.2 Å². The second-order valence-electron chi connectivity index (χ2n) is 3.95. The molecule has 0 aromatic heterocycles. The van der Waals surface area contributed by atoms with Crippen molar-refractivity contribution in [2.75, 3.05) is 26.2 Å². The van der Waals surface area contributed by atoms with Crippen LogP contribution in [-0.2, 0) is 6.54 Å². The predicted octanol–water partition coefficient (Wildman–Crippen LogP) is 1.10. The standard InChI is InChI=1S/C12H14FN3/c13-12-2-1-10(7-11(12)8-14)9-16-5-3-15-4-6-16/h1-2,7,15H,3-6,9H2. The summed E-state index contributed by atoms with van der Waals surface area (Å²) in [6, 6.07) is 6.62. The van der Waals surface area contributed by atoms with Gasteiger partial charge >= 0.3 is 0 Å². The minimum Gasteiger partial charge on any atom is -0.314 e. The number of nitrogens with zero attached hydrogens (tertiary/aromatic N) is 2. The summed E-state index contributed by atoms with van der Waals surface area (Å²) in [5, 5.41) is 12.0. The van der Waals surface area contributed by atoms with Crippen molar-refractivity contribution >= 4 is 0 Å². The van der Waals surface area contributed by atoms with Gasteiger partial charge in [-0.2, -0.15) is 5.26 Å². The maximum absolute atomic E-state index is 13.1. The summed E-state index contributed by atoms with van der Waals surface area (Å²) in [5.74, 6) is -0.438. The second kappa shape index (κ2) is 5.06. The number of benzene rings is 1. The topological polar surface area (TPSA) is 39.1 Å². The number of hydrogen-bond acceptors (Lipinski definition) is 3. The van der Waals surface area contributed by atoms with Crippen molar-refractivity contribution in [3.05, 3.63) is 35.1 Å². The molecule has 1 aliphatic rings. The van der Waals surface area contributed by atoms with E-state index in [0.29, 0.717) is 0 Å². The minimum atomic E-state index is -0.438. The molecule has 1 aromatic carbocycles. The number of rotatable bonds is 2. The van der Waals surface area contributed by atoms with Crippen LogP contribution in [0.5, 0.6) is 0 Å². The zero-order valence-corrected chi connectivity index (χ0v) is 9.04. The van der Waals surface area contributed by atoms with Crippen LogP contribution in [0.4, 0.5) is 4.39 Å². The lowest BCUT2D eigenvalue weighted by molar-refractivity contribution is 0.233. The van der Waals surface area contributed by atoms with Gasteiger partial charge in [0.1, 0.15) is 11.9 Å². The van der Waals surface area contributed by atoms with Gasteiger partial charge in [0, 0.05) is 32.7 Å². The Morgan fingerprint density at radius 2 is 2.12 bits per heavy atom. The van der Waals surface area contributed by atoms with Gasteiger partial charge in [-0.3, -0.25) is 4.90 Å². The molecule has 0 unspecified atom stereocenters. The van der Waals surface area contributed by atoms with Crippen LogP contribution in [0.3, 0.4) is 0 Å². The average molecular weight is 219 g/mol. The average Bonchev–Trinajstić information content (AvgIpc) is 2.33. The Kier molecular flexibility index (Phi) is 3.50. The molecule has 1 N–H and O–H groups in total. The van der Waals surface area contributed by atoms with Gasteiger partial charge in [0.15, 0.2) is 0 Å². The summed E-state index contributed by atoms with van der Waals surface area (Å²) < 4.78 is 13.1. The fourth-order valence-electron chi connectivity index (χ4n) is 1.88. The smallest absolute Gasteiger partial charge is 0.140 e. The SMILES string of the molecule is N#Cc1cc(CN2CCNCC2)ccc1F. The Balaban J connectivity index is 2.06. The quantitative estimate of drug-likeness (QED) is 0.809. The van der Waals surface area contributed by atoms with Crippen LogP contribution in [-0.4, -0.2) is 31.1 Å². The Morgan fingerprint density at radius 3 is 2.81 bits per heavy atom. The molecule has 0 spiro atoms. The molecule has 2 rings (SSSR count). The lowest BCUT2D eigenvalue weighted by Gasteiger charge is -2.27. The molecule has 0 radical (unpaired) electrons. The molecule has 0 aliphatic carbocycles. The van der Waals surface area contributed by atoms with E-state index < -0.39 is 5.82 Å². The van der Waals surface area contributed by atoms with E-state index in [4.69, 9.17) is 5.26 Å². The highest BCUT2D eigenvalue weighted by atomic mass is 19.1. The lowest BCUT2D eigenvalue weighted by atomic mass is 10.1. The van der Waals surface area contributed by atoms with Gasteiger partial charge in [0.2, 0.25) is 0 Å². The highest BCUT2D eigenvalue weighted by Crippen LogP contribution is 2.11. The van der Waals surface area contributed by atoms with Gasteiger partial charge < -0.3 is 5.32 Å². The molecule has 1 fully saturated rings. The summed E-state index contributed by atoms with van der Waals surface area (Å²) in [5.41, 5.74) is 1.13. The summed E-state index contributed by atoms with van der Waals surface area (Å²) in [6.45, 7) is 4.77. The first-order chi connectivity index (χ1) is 7.79. The fourth-order valence-corrected chi connectivity index (χ4v) is 1.88. The molecule has 3 nitrogen and oxygen atoms in total. The molecular formula is C12H14FN3. The van der Waals surface area contributed by atoms with Crippen LogP contribution >= 0.6 is 0 Å². The first kappa shape index (κ1) is 11.1. The molecule has 0 saturated carbocycles. The van der Waals surface area contributed by atoms with Gasteiger partial charge in [-0.15, -0.1) is 0 Å². The van der Waals surface area contributed by atoms with Crippen LogP contribution in [0.1, 0.15) is 11.1 Å². The van der Waals surface area contributed by atoms with Gasteiger partial charge in [-0.05, 0) is 17.7 Å². The zero-order chi connectivity index (χ0) is 11.4. The molecule has 0 amide bonds. The van der Waals surface area contributed by atoms with Crippen molar-refractivity contribution in [2.45, 2.75) is 6.54 Å². The van der Waals surface area contributed by atoms with Crippen molar-refractivity contribution in [1.82, 2.24) is 10.2 Å². The van der Waals surface area contributed by atoms with E-state index >= 15 is 0 Å². The highest BCUT2D eigenvalue weighted by Gasteiger charge is 2.10. The Morgan fingerprint density at radius 1 is 1.38 bits per heavy atom. The maximum Gasteiger partial charge on any atom is 0.140 e. The Hall–Kier alpha value is -1.44. The molecule has 16 heavy (non-hydrogen) atoms. The first-order valence-electron chi connectivity index (χ1n) is 5.41. The molecule has 1 heterocycles. The zero-order valence-electron chi connectivity index (χ0n) is 9.04. The molecule has 1 saturated heterocycles. The van der Waals surface area contributed by atoms with Crippen LogP contribution in [0.25, 0.3) is 0 Å². The van der Waals surface area contributed by atoms with Crippen LogP contribution in [0.15, 0.2) is 18.2 Å². The number of piperazine rings is 1. The summed E-state index contributed by atoms with van der Waals surface area (Å²) in [4.78, 5) is 2.30. The van der Waals surface area contributed by atoms with Crippen molar-refractivity contribution in [2.24, 2.45) is 0 Å². The number of hydrogen-bond donors (Lipinski definition) is 1. The fraction of sp³-hybridized carbons (Fsp3) is 0.417. The third-order valence-electron chi connectivity index (χ3n) is 2.77. The first-order valence-corrected chi connectivity index (χ1v) is 5.41. The van der Waals surface area contributed by atoms with Crippen molar-refractivity contribution in [3.63, 3.8) is 0 Å². The van der Waals surface area contributed by atoms with Crippen molar-refractivity contribution < 1.29 is 4.39 Å². The van der Waals surface area contributed by atoms with Crippen LogP contribution in [0, 0.1) is 17.1 Å². The van der Waals surface area contributed by atoms with E-state index in [9.17, 15) is 4.39 Å². The second-order valence-corrected chi connectivity index (χ2v) is 3.95. The third-order valence-corrected chi connectivity index (χ3v) is 2.77. The highest BCUT2D eigenvalue weighted by molar-refractivity contribution is 5.34. The van der Waals surface area contributed by atoms with Crippen LogP contribution < -0.4 is 5.32 Å². The molecule has 1 aromatic rings. The summed E-state index contributed by atoms with van der Waals surface area (Å²) >= 11 is 0. The number of halogens is 1. The van der Waals surface area contributed by atoms with Crippen molar-refractivity contribution in [3.8, 4) is 6.07 Å². The maximum atomic E-state index is 13.1. The van der Waals surface area contributed by atoms with Gasteiger partial charge in [-0.1, -0.05) is 6.07 Å². The van der Waals surface area contributed by atoms with Crippen molar-refractivity contribution in [1.29, 1.82) is 5.26 Å². The van der Waals surface area contributed by atoms with E-state index in [-0.39, 0.29) is 5.56 Å². The Labute approximate surface area is 94.5 Å². The summed E-state index contributed by atoms with van der Waals surface area (Å²) in [6.07, 6.45) is 0. The van der Waals surface area contributed by atoms with Gasteiger partial charge in [0.05, 0.1) is 5.56 Å². The van der Waals surface area contributed by atoms with E-state index in [1.165, 1.54) is 6.07 Å². The largest absolute Gasteiger partial charge is 0.314 e. The van der Waals surface area contributed by atoms with Gasteiger partial charge in [0.25, 0.3) is 0 Å². The minimum absolute atomic E-state index is 0.132. The predicted molar refractivity (Wildman–Crippen MR) is 59.3 cm³/mol. The van der Waals surface area contributed by atoms with E-state index in [1.807, 2.05) is 6.07 Å². The van der Waals surface area contributed by atoms with Crippen LogP contribution in [0.2, 0.25) is 0 Å². The molecule has 4 heteroatoms. The number of nitrogens with one attached hydrogen (secondary N) is 1. The third kappa shape index (κ3) is 2.57. The Bertz CT molecular complexity index is 405. The lowest BCUT2D eigenvalue weighted by Crippen LogP contribution is -2.42. The molecule has 0 atom stereocenters. The monoisotopic (exact) mass is 219 g/mol. The molecule has 0 bridgehead atoms. The van der Waals surface area contributed by atoms with Gasteiger partial charge in [-0.25, -0.2) is 4.39 Å². The molecule has 84 valence electrons. The summed E-state index contributed by atoms with van der Waals surface area (Å²) in [7, 11) is 0. The molecule has 1 aliphatic heterocycles.